The molecule has 2 aromatic rings. The summed E-state index contributed by atoms with van der Waals surface area (Å²) in [4.78, 5) is 29.0. The highest BCUT2D eigenvalue weighted by Crippen LogP contribution is 2.49. The summed E-state index contributed by atoms with van der Waals surface area (Å²) in [6, 6.07) is 1.74. The van der Waals surface area contributed by atoms with Crippen molar-refractivity contribution in [3.63, 3.8) is 0 Å². The molecule has 2 fully saturated rings. The molecule has 7 nitrogen and oxygen atoms in total. The number of carbonyl (C=O) groups excluding carboxylic acids is 2. The Bertz CT molecular complexity index is 891. The standard InChI is InChI=1S/C20H25N3O4/c1-10-6-16(18-12(3)23-27-19(18)21-10)20(25)26-9-17(24)22-11(2)15-8-13-4-5-14(15)7-13/h6,11,13-15H,4-5,7-9H2,1-3H3,(H,22,24)/t11-,13+,14+,15+/m1/s1. The van der Waals surface area contributed by atoms with Crippen molar-refractivity contribution in [3.8, 4) is 0 Å². The summed E-state index contributed by atoms with van der Waals surface area (Å²) in [5, 5.41) is 7.39. The number of nitrogens with zero attached hydrogens (tertiary/aromatic N) is 2. The van der Waals surface area contributed by atoms with Gasteiger partial charge >= 0.3 is 5.97 Å². The summed E-state index contributed by atoms with van der Waals surface area (Å²) in [6.07, 6.45) is 5.11. The number of esters is 1. The second-order valence-electron chi connectivity index (χ2n) is 8.03. The number of fused-ring (bicyclic) bond motifs is 3. The second-order valence-corrected chi connectivity index (χ2v) is 8.03. The maximum Gasteiger partial charge on any atom is 0.339 e. The number of carbonyl (C=O) groups is 2. The van der Waals surface area contributed by atoms with Gasteiger partial charge in [-0.3, -0.25) is 4.79 Å². The largest absolute Gasteiger partial charge is 0.452 e. The molecule has 2 aliphatic carbocycles. The third kappa shape index (κ3) is 3.42. The molecule has 1 N–H and O–H groups in total. The first-order valence-corrected chi connectivity index (χ1v) is 9.62. The lowest BCUT2D eigenvalue weighted by Gasteiger charge is -2.28. The number of nitrogens with one attached hydrogen (secondary N) is 1. The maximum atomic E-state index is 12.5. The van der Waals surface area contributed by atoms with E-state index in [0.717, 1.165) is 11.8 Å². The first-order valence-electron chi connectivity index (χ1n) is 9.62. The zero-order valence-corrected chi connectivity index (χ0v) is 15.9. The topological polar surface area (TPSA) is 94.3 Å². The van der Waals surface area contributed by atoms with Crippen molar-refractivity contribution >= 4 is 23.0 Å². The van der Waals surface area contributed by atoms with Crippen LogP contribution >= 0.6 is 0 Å². The van der Waals surface area contributed by atoms with Crippen LogP contribution in [0.3, 0.4) is 0 Å². The molecule has 1 amide bonds. The Kier molecular flexibility index (Phi) is 4.61. The van der Waals surface area contributed by atoms with Crippen molar-refractivity contribution in [2.45, 2.75) is 52.5 Å². The molecule has 0 radical (unpaired) electrons. The first kappa shape index (κ1) is 17.9. The van der Waals surface area contributed by atoms with Crippen LogP contribution in [0.2, 0.25) is 0 Å². The van der Waals surface area contributed by atoms with E-state index in [1.165, 1.54) is 25.7 Å². The Labute approximate surface area is 157 Å². The normalized spacial score (nSPS) is 24.9. The molecular weight excluding hydrogens is 346 g/mol. The molecular formula is C20H25N3O4. The number of aryl methyl sites for hydroxylation is 2. The van der Waals surface area contributed by atoms with Gasteiger partial charge in [-0.15, -0.1) is 0 Å². The number of amides is 1. The molecule has 0 aliphatic heterocycles. The van der Waals surface area contributed by atoms with Gasteiger partial charge in [-0.05, 0) is 63.9 Å². The molecule has 27 heavy (non-hydrogen) atoms. The highest BCUT2D eigenvalue weighted by molar-refractivity contribution is 6.03. The lowest BCUT2D eigenvalue weighted by molar-refractivity contribution is -0.125. The molecule has 7 heteroatoms. The van der Waals surface area contributed by atoms with Crippen molar-refractivity contribution < 1.29 is 18.8 Å². The Morgan fingerprint density at radius 1 is 1.33 bits per heavy atom. The van der Waals surface area contributed by atoms with Crippen LogP contribution in [0.5, 0.6) is 0 Å². The molecule has 2 saturated carbocycles. The van der Waals surface area contributed by atoms with E-state index in [1.807, 2.05) is 0 Å². The van der Waals surface area contributed by atoms with Crippen LogP contribution < -0.4 is 5.32 Å². The van der Waals surface area contributed by atoms with Gasteiger partial charge in [0, 0.05) is 11.7 Å². The highest BCUT2D eigenvalue weighted by Gasteiger charge is 2.42. The fourth-order valence-corrected chi connectivity index (χ4v) is 4.90. The Balaban J connectivity index is 1.36. The van der Waals surface area contributed by atoms with E-state index in [4.69, 9.17) is 9.26 Å². The van der Waals surface area contributed by atoms with Gasteiger partial charge in [-0.1, -0.05) is 11.6 Å². The molecule has 4 atom stereocenters. The van der Waals surface area contributed by atoms with Gasteiger partial charge in [0.25, 0.3) is 11.6 Å². The Hall–Kier alpha value is -2.44. The molecule has 2 heterocycles. The average molecular weight is 371 g/mol. The number of rotatable bonds is 5. The SMILES string of the molecule is Cc1cc(C(=O)OCC(=O)N[C@H](C)[C@@H]2C[C@H]3CC[C@H]2C3)c2c(C)noc2n1. The number of hydrogen-bond donors (Lipinski definition) is 1. The van der Waals surface area contributed by atoms with Crippen LogP contribution in [0.15, 0.2) is 10.6 Å². The van der Waals surface area contributed by atoms with E-state index in [0.29, 0.717) is 34.0 Å². The van der Waals surface area contributed by atoms with E-state index >= 15 is 0 Å². The van der Waals surface area contributed by atoms with Gasteiger partial charge in [-0.25, -0.2) is 9.78 Å². The zero-order valence-electron chi connectivity index (χ0n) is 15.9. The second kappa shape index (κ2) is 6.94. The maximum absolute atomic E-state index is 12.5. The van der Waals surface area contributed by atoms with Crippen LogP contribution in [-0.4, -0.2) is 34.7 Å². The van der Waals surface area contributed by atoms with Crippen LogP contribution in [0.25, 0.3) is 11.1 Å². The number of ether oxygens (including phenoxy) is 1. The number of aromatic nitrogens is 2. The summed E-state index contributed by atoms with van der Waals surface area (Å²) in [5.41, 5.74) is 1.82. The third-order valence-corrected chi connectivity index (χ3v) is 6.12. The molecule has 0 saturated heterocycles. The van der Waals surface area contributed by atoms with Crippen molar-refractivity contribution in [1.29, 1.82) is 0 Å². The quantitative estimate of drug-likeness (QED) is 0.812. The first-order chi connectivity index (χ1) is 12.9. The summed E-state index contributed by atoms with van der Waals surface area (Å²) < 4.78 is 10.4. The molecule has 2 aromatic heterocycles. The van der Waals surface area contributed by atoms with Gasteiger partial charge in [0.05, 0.1) is 16.6 Å². The molecule has 4 rings (SSSR count). The van der Waals surface area contributed by atoms with Gasteiger partial charge in [0.2, 0.25) is 0 Å². The van der Waals surface area contributed by atoms with E-state index in [9.17, 15) is 9.59 Å². The third-order valence-electron chi connectivity index (χ3n) is 6.12. The highest BCUT2D eigenvalue weighted by atomic mass is 16.5. The fourth-order valence-electron chi connectivity index (χ4n) is 4.90. The molecule has 0 aromatic carbocycles. The van der Waals surface area contributed by atoms with E-state index < -0.39 is 5.97 Å². The minimum absolute atomic E-state index is 0.113. The van der Waals surface area contributed by atoms with Crippen molar-refractivity contribution in [2.75, 3.05) is 6.61 Å². The predicted molar refractivity (Wildman–Crippen MR) is 98.1 cm³/mol. The molecule has 2 bridgehead atoms. The van der Waals surface area contributed by atoms with Gasteiger partial charge in [0.1, 0.15) is 0 Å². The van der Waals surface area contributed by atoms with Crippen LogP contribution in [0.1, 0.15) is 54.4 Å². The van der Waals surface area contributed by atoms with E-state index in [2.05, 4.69) is 22.4 Å². The van der Waals surface area contributed by atoms with Crippen molar-refractivity contribution in [3.05, 3.63) is 23.0 Å². The summed E-state index contributed by atoms with van der Waals surface area (Å²) in [5.74, 6) is 1.28. The van der Waals surface area contributed by atoms with Gasteiger partial charge < -0.3 is 14.6 Å². The Morgan fingerprint density at radius 2 is 2.15 bits per heavy atom. The minimum Gasteiger partial charge on any atom is -0.452 e. The summed E-state index contributed by atoms with van der Waals surface area (Å²) in [6.45, 7) is 5.26. The van der Waals surface area contributed by atoms with Crippen molar-refractivity contribution in [1.82, 2.24) is 15.5 Å². The van der Waals surface area contributed by atoms with Crippen LogP contribution in [-0.2, 0) is 9.53 Å². The minimum atomic E-state index is -0.570. The monoisotopic (exact) mass is 371 g/mol. The lowest BCUT2D eigenvalue weighted by atomic mass is 9.84. The fraction of sp³-hybridized carbons (Fsp3) is 0.600. The molecule has 0 spiro atoms. The number of hydrogen-bond acceptors (Lipinski definition) is 6. The lowest BCUT2D eigenvalue weighted by Crippen LogP contribution is -2.42. The van der Waals surface area contributed by atoms with Crippen LogP contribution in [0, 0.1) is 31.6 Å². The van der Waals surface area contributed by atoms with E-state index in [-0.39, 0.29) is 18.6 Å². The Morgan fingerprint density at radius 3 is 2.85 bits per heavy atom. The number of pyridine rings is 1. The predicted octanol–water partition coefficient (Wildman–Crippen LogP) is 2.94. The average Bonchev–Trinajstić information content (AvgIpc) is 3.35. The molecule has 144 valence electrons. The molecule has 2 aliphatic rings. The van der Waals surface area contributed by atoms with Gasteiger partial charge in [-0.2, -0.15) is 0 Å². The van der Waals surface area contributed by atoms with Crippen LogP contribution in [0.4, 0.5) is 0 Å². The summed E-state index contributed by atoms with van der Waals surface area (Å²) in [7, 11) is 0. The smallest absolute Gasteiger partial charge is 0.339 e. The summed E-state index contributed by atoms with van der Waals surface area (Å²) >= 11 is 0. The van der Waals surface area contributed by atoms with Crippen molar-refractivity contribution in [2.24, 2.45) is 17.8 Å². The zero-order chi connectivity index (χ0) is 19.1. The van der Waals surface area contributed by atoms with E-state index in [1.54, 1.807) is 19.9 Å². The molecule has 0 unspecified atom stereocenters. The van der Waals surface area contributed by atoms with Gasteiger partial charge in [0.15, 0.2) is 6.61 Å².